The van der Waals surface area contributed by atoms with E-state index in [2.05, 4.69) is 20.9 Å². The molecule has 0 saturated carbocycles. The lowest BCUT2D eigenvalue weighted by Gasteiger charge is -2.05. The van der Waals surface area contributed by atoms with Gasteiger partial charge in [0.2, 0.25) is 0 Å². The number of anilines is 1. The van der Waals surface area contributed by atoms with Crippen molar-refractivity contribution < 1.29 is 8.42 Å². The molecule has 0 atom stereocenters. The van der Waals surface area contributed by atoms with Crippen LogP contribution in [0.25, 0.3) is 10.4 Å². The average molecular weight is 347 g/mol. The Kier molecular flexibility index (Phi) is 3.48. The number of benzene rings is 1. The van der Waals surface area contributed by atoms with Gasteiger partial charge in [-0.05, 0) is 40.5 Å². The number of nitrogens with zero attached hydrogens (tertiary/aromatic N) is 1. The van der Waals surface area contributed by atoms with Crippen LogP contribution in [-0.4, -0.2) is 19.7 Å². The highest BCUT2D eigenvalue weighted by Gasteiger charge is 2.14. The maximum atomic E-state index is 11.5. The number of rotatable bonds is 2. The number of nitrogens with two attached hydrogens (primary N) is 1. The molecule has 1 heterocycles. The summed E-state index contributed by atoms with van der Waals surface area (Å²) in [5.74, 6) is 0. The molecule has 0 aliphatic rings. The molecule has 0 fully saturated rings. The summed E-state index contributed by atoms with van der Waals surface area (Å²) in [6, 6.07) is 5.13. The molecule has 1 aromatic carbocycles. The molecule has 96 valence electrons. The lowest BCUT2D eigenvalue weighted by atomic mass is 10.2. The number of hydrogen-bond donors (Lipinski definition) is 1. The van der Waals surface area contributed by atoms with Crippen LogP contribution in [0.4, 0.5) is 5.13 Å². The monoisotopic (exact) mass is 346 g/mol. The van der Waals surface area contributed by atoms with Gasteiger partial charge in [0.15, 0.2) is 15.0 Å². The molecule has 0 aliphatic heterocycles. The molecule has 0 unspecified atom stereocenters. The van der Waals surface area contributed by atoms with Crippen molar-refractivity contribution in [2.24, 2.45) is 0 Å². The molecule has 2 rings (SSSR count). The van der Waals surface area contributed by atoms with E-state index in [-0.39, 0.29) is 4.90 Å². The summed E-state index contributed by atoms with van der Waals surface area (Å²) in [6.07, 6.45) is 1.18. The van der Waals surface area contributed by atoms with Gasteiger partial charge >= 0.3 is 0 Å². The summed E-state index contributed by atoms with van der Waals surface area (Å²) in [5.41, 5.74) is 7.40. The third kappa shape index (κ3) is 2.57. The van der Waals surface area contributed by atoms with Crippen LogP contribution < -0.4 is 5.73 Å². The molecular formula is C11H11BrN2O2S2. The van der Waals surface area contributed by atoms with Gasteiger partial charge in [-0.25, -0.2) is 13.4 Å². The zero-order chi connectivity index (χ0) is 13.5. The highest BCUT2D eigenvalue weighted by Crippen LogP contribution is 2.34. The van der Waals surface area contributed by atoms with Crippen LogP contribution >= 0.6 is 27.3 Å². The third-order valence-corrected chi connectivity index (χ3v) is 5.52. The molecule has 2 N–H and O–H groups in total. The van der Waals surface area contributed by atoms with Gasteiger partial charge in [0.25, 0.3) is 0 Å². The molecule has 0 saturated heterocycles. The van der Waals surface area contributed by atoms with Gasteiger partial charge in [-0.3, -0.25) is 0 Å². The van der Waals surface area contributed by atoms with Gasteiger partial charge in [0.05, 0.1) is 15.5 Å². The Bertz CT molecular complexity index is 708. The lowest BCUT2D eigenvalue weighted by Crippen LogP contribution is -1.98. The van der Waals surface area contributed by atoms with Crippen molar-refractivity contribution in [1.82, 2.24) is 4.98 Å². The van der Waals surface area contributed by atoms with Crippen LogP contribution in [0.5, 0.6) is 0 Å². The van der Waals surface area contributed by atoms with E-state index in [1.165, 1.54) is 17.6 Å². The number of nitrogen functional groups attached to an aromatic ring is 1. The van der Waals surface area contributed by atoms with Crippen LogP contribution in [0.15, 0.2) is 27.6 Å². The first-order valence-electron chi connectivity index (χ1n) is 5.02. The van der Waals surface area contributed by atoms with Gasteiger partial charge in [0.1, 0.15) is 0 Å². The minimum absolute atomic E-state index is 0.279. The normalized spacial score (nSPS) is 11.7. The largest absolute Gasteiger partial charge is 0.375 e. The van der Waals surface area contributed by atoms with E-state index >= 15 is 0 Å². The number of aromatic nitrogens is 1. The smallest absolute Gasteiger partial charge is 0.180 e. The quantitative estimate of drug-likeness (QED) is 0.907. The van der Waals surface area contributed by atoms with Crippen molar-refractivity contribution in [3.8, 4) is 10.4 Å². The van der Waals surface area contributed by atoms with Crippen LogP contribution in [0.2, 0.25) is 0 Å². The van der Waals surface area contributed by atoms with Crippen molar-refractivity contribution in [1.29, 1.82) is 0 Å². The van der Waals surface area contributed by atoms with Crippen LogP contribution in [0.3, 0.4) is 0 Å². The summed E-state index contributed by atoms with van der Waals surface area (Å²) < 4.78 is 23.6. The van der Waals surface area contributed by atoms with E-state index in [0.717, 1.165) is 16.1 Å². The predicted molar refractivity (Wildman–Crippen MR) is 77.5 cm³/mol. The third-order valence-electron chi connectivity index (χ3n) is 2.41. The lowest BCUT2D eigenvalue weighted by molar-refractivity contribution is 0.601. The van der Waals surface area contributed by atoms with E-state index in [1.54, 1.807) is 18.2 Å². The summed E-state index contributed by atoms with van der Waals surface area (Å²) in [5, 5.41) is 0.505. The topological polar surface area (TPSA) is 73.0 Å². The fraction of sp³-hybridized carbons (Fsp3) is 0.182. The molecule has 0 amide bonds. The van der Waals surface area contributed by atoms with Crippen LogP contribution in [0, 0.1) is 6.92 Å². The maximum Gasteiger partial charge on any atom is 0.180 e. The molecule has 7 heteroatoms. The summed E-state index contributed by atoms with van der Waals surface area (Å²) in [4.78, 5) is 5.38. The van der Waals surface area contributed by atoms with Crippen molar-refractivity contribution in [2.75, 3.05) is 12.0 Å². The first-order chi connectivity index (χ1) is 8.29. The van der Waals surface area contributed by atoms with Gasteiger partial charge in [-0.2, -0.15) is 0 Å². The first kappa shape index (κ1) is 13.5. The highest BCUT2D eigenvalue weighted by molar-refractivity contribution is 9.10. The van der Waals surface area contributed by atoms with E-state index in [9.17, 15) is 8.42 Å². The van der Waals surface area contributed by atoms with Crippen molar-refractivity contribution in [3.63, 3.8) is 0 Å². The van der Waals surface area contributed by atoms with Crippen LogP contribution in [0.1, 0.15) is 5.69 Å². The summed E-state index contributed by atoms with van der Waals surface area (Å²) >= 11 is 4.67. The molecule has 1 aromatic heterocycles. The van der Waals surface area contributed by atoms with E-state index in [0.29, 0.717) is 9.60 Å². The van der Waals surface area contributed by atoms with E-state index in [4.69, 9.17) is 5.73 Å². The van der Waals surface area contributed by atoms with E-state index in [1.807, 2.05) is 6.92 Å². The number of sulfone groups is 1. The highest BCUT2D eigenvalue weighted by atomic mass is 79.9. The summed E-state index contributed by atoms with van der Waals surface area (Å²) in [7, 11) is -3.22. The summed E-state index contributed by atoms with van der Waals surface area (Å²) in [6.45, 7) is 1.88. The Morgan fingerprint density at radius 2 is 2.06 bits per heavy atom. The Morgan fingerprint density at radius 1 is 1.39 bits per heavy atom. The van der Waals surface area contributed by atoms with Gasteiger partial charge < -0.3 is 5.73 Å². The standard InChI is InChI=1S/C11H11BrN2O2S2/c1-6-10(17-11(13)14-6)7-3-4-9(8(12)5-7)18(2,15)16/h3-5H,1-2H3,(H2,13,14). The molecule has 4 nitrogen and oxygen atoms in total. The Labute approximate surface area is 118 Å². The van der Waals surface area contributed by atoms with Crippen molar-refractivity contribution >= 4 is 42.2 Å². The Hall–Kier alpha value is -0.920. The molecule has 2 aromatic rings. The average Bonchev–Trinajstić information content (AvgIpc) is 2.55. The predicted octanol–water partition coefficient (Wildman–Crippen LogP) is 2.87. The first-order valence-corrected chi connectivity index (χ1v) is 8.52. The van der Waals surface area contributed by atoms with Gasteiger partial charge in [0, 0.05) is 10.7 Å². The molecule has 0 spiro atoms. The van der Waals surface area contributed by atoms with E-state index < -0.39 is 9.84 Å². The zero-order valence-corrected chi connectivity index (χ0v) is 13.0. The second kappa shape index (κ2) is 4.64. The Balaban J connectivity index is 2.57. The van der Waals surface area contributed by atoms with Crippen LogP contribution in [-0.2, 0) is 9.84 Å². The number of hydrogen-bond acceptors (Lipinski definition) is 5. The van der Waals surface area contributed by atoms with Gasteiger partial charge in [-0.15, -0.1) is 0 Å². The zero-order valence-electron chi connectivity index (χ0n) is 9.77. The Morgan fingerprint density at radius 3 is 2.50 bits per heavy atom. The second-order valence-electron chi connectivity index (χ2n) is 3.88. The van der Waals surface area contributed by atoms with Gasteiger partial charge in [-0.1, -0.05) is 17.4 Å². The molecule has 18 heavy (non-hydrogen) atoms. The SMILES string of the molecule is Cc1nc(N)sc1-c1ccc(S(C)(=O)=O)c(Br)c1. The fourth-order valence-electron chi connectivity index (χ4n) is 1.63. The molecule has 0 bridgehead atoms. The molecular weight excluding hydrogens is 336 g/mol. The number of halogens is 1. The van der Waals surface area contributed by atoms with Crippen molar-refractivity contribution in [3.05, 3.63) is 28.4 Å². The van der Waals surface area contributed by atoms with Crippen molar-refractivity contribution in [2.45, 2.75) is 11.8 Å². The molecule has 0 aliphatic carbocycles. The maximum absolute atomic E-state index is 11.5. The minimum Gasteiger partial charge on any atom is -0.375 e. The second-order valence-corrected chi connectivity index (χ2v) is 7.75. The number of aryl methyl sites for hydroxylation is 1. The molecule has 0 radical (unpaired) electrons. The fourth-order valence-corrected chi connectivity index (χ4v) is 4.45. The minimum atomic E-state index is -3.22. The number of thiazole rings is 1.